The largest absolute Gasteiger partial charge is 0.496 e. The molecule has 202 valence electrons. The van der Waals surface area contributed by atoms with Gasteiger partial charge < -0.3 is 24.9 Å². The maximum atomic E-state index is 14.5. The van der Waals surface area contributed by atoms with Crippen molar-refractivity contribution in [3.8, 4) is 17.3 Å². The Labute approximate surface area is 211 Å². The number of nitrogens with two attached hydrogens (primary N) is 1. The van der Waals surface area contributed by atoms with Crippen LogP contribution in [0.5, 0.6) is 5.75 Å². The molecule has 2 aromatic heterocycles. The van der Waals surface area contributed by atoms with Crippen molar-refractivity contribution in [2.45, 2.75) is 43.3 Å². The van der Waals surface area contributed by atoms with Crippen molar-refractivity contribution in [2.75, 3.05) is 24.3 Å². The van der Waals surface area contributed by atoms with Gasteiger partial charge in [0.05, 0.1) is 12.8 Å². The second kappa shape index (κ2) is 8.89. The van der Waals surface area contributed by atoms with E-state index >= 15 is 0 Å². The molecule has 38 heavy (non-hydrogen) atoms. The summed E-state index contributed by atoms with van der Waals surface area (Å²) in [6.45, 7) is 0.271. The minimum Gasteiger partial charge on any atom is -0.496 e. The molecule has 0 radical (unpaired) electrons. The van der Waals surface area contributed by atoms with Gasteiger partial charge in [0.25, 0.3) is 17.4 Å². The number of methoxy groups -OCH3 is 1. The number of nitrogens with zero attached hydrogens (tertiary/aromatic N) is 4. The zero-order valence-corrected chi connectivity index (χ0v) is 19.8. The number of aliphatic hydroxyl groups is 1. The summed E-state index contributed by atoms with van der Waals surface area (Å²) in [5.74, 6) is -2.71. The number of hydrogen-bond donors (Lipinski definition) is 2. The van der Waals surface area contributed by atoms with Crippen LogP contribution in [0.25, 0.3) is 17.7 Å². The van der Waals surface area contributed by atoms with Gasteiger partial charge in [-0.1, -0.05) is 18.2 Å². The van der Waals surface area contributed by atoms with Gasteiger partial charge in [-0.15, -0.1) is 10.2 Å². The van der Waals surface area contributed by atoms with Crippen LogP contribution in [-0.4, -0.2) is 46.2 Å². The number of aromatic nitrogens is 3. The highest BCUT2D eigenvalue weighted by molar-refractivity contribution is 5.72. The van der Waals surface area contributed by atoms with Crippen molar-refractivity contribution in [2.24, 2.45) is 0 Å². The number of halogens is 6. The van der Waals surface area contributed by atoms with Crippen molar-refractivity contribution < 1.29 is 40.6 Å². The number of ether oxygens (including phenoxy) is 1. The van der Waals surface area contributed by atoms with Crippen LogP contribution < -0.4 is 15.4 Å². The maximum absolute atomic E-state index is 14.5. The van der Waals surface area contributed by atoms with E-state index in [1.54, 1.807) is 6.08 Å². The lowest BCUT2D eigenvalue weighted by molar-refractivity contribution is -0.256. The van der Waals surface area contributed by atoms with Gasteiger partial charge in [0.15, 0.2) is 5.69 Å². The second-order valence-corrected chi connectivity index (χ2v) is 9.00. The molecule has 0 saturated carbocycles. The zero-order valence-electron chi connectivity index (χ0n) is 19.8. The predicted octanol–water partition coefficient (Wildman–Crippen LogP) is 4.93. The quantitative estimate of drug-likeness (QED) is 0.418. The molecule has 5 rings (SSSR count). The lowest BCUT2D eigenvalue weighted by Gasteiger charge is -2.29. The van der Waals surface area contributed by atoms with Crippen LogP contribution in [0.4, 0.5) is 37.8 Å². The molecule has 2 aliphatic heterocycles. The number of benzene rings is 1. The fourth-order valence-corrected chi connectivity index (χ4v) is 4.81. The summed E-state index contributed by atoms with van der Waals surface area (Å²) in [6.07, 6.45) is -5.56. The first-order valence-electron chi connectivity index (χ1n) is 11.5. The number of pyridine rings is 1. The Bertz CT molecular complexity index is 1400. The van der Waals surface area contributed by atoms with E-state index in [0.717, 1.165) is 13.2 Å². The zero-order chi connectivity index (χ0) is 27.5. The summed E-state index contributed by atoms with van der Waals surface area (Å²) >= 11 is 0. The summed E-state index contributed by atoms with van der Waals surface area (Å²) in [7, 11) is 1.13. The number of hydrogen-bond acceptors (Lipinski definition) is 8. The maximum Gasteiger partial charge on any atom is 0.430 e. The Kier molecular flexibility index (Phi) is 6.04. The molecule has 8 nitrogen and oxygen atoms in total. The van der Waals surface area contributed by atoms with Crippen LogP contribution in [0, 0.1) is 0 Å². The molecule has 3 N–H and O–H groups in total. The van der Waals surface area contributed by atoms with Crippen LogP contribution in [0.3, 0.4) is 0 Å². The van der Waals surface area contributed by atoms with E-state index in [1.165, 1.54) is 23.1 Å². The summed E-state index contributed by atoms with van der Waals surface area (Å²) < 4.78 is 95.7. The Balaban J connectivity index is 1.81. The number of anilines is 2. The molecule has 0 amide bonds. The van der Waals surface area contributed by atoms with Gasteiger partial charge in [0.1, 0.15) is 17.1 Å². The Morgan fingerprint density at radius 1 is 1.16 bits per heavy atom. The molecule has 2 aliphatic rings. The van der Waals surface area contributed by atoms with Crippen molar-refractivity contribution in [1.29, 1.82) is 0 Å². The Morgan fingerprint density at radius 3 is 2.61 bits per heavy atom. The molecule has 3 aromatic rings. The van der Waals surface area contributed by atoms with Crippen LogP contribution in [0.1, 0.15) is 41.8 Å². The van der Waals surface area contributed by atoms with Crippen LogP contribution in [-0.2, 0) is 11.8 Å². The highest BCUT2D eigenvalue weighted by atomic mass is 19.4. The van der Waals surface area contributed by atoms with Crippen LogP contribution >= 0.6 is 0 Å². The fourth-order valence-electron chi connectivity index (χ4n) is 4.81. The number of fused-ring (bicyclic) bond motifs is 9. The normalized spacial score (nSPS) is 22.4. The van der Waals surface area contributed by atoms with E-state index in [1.807, 2.05) is 0 Å². The van der Waals surface area contributed by atoms with E-state index in [2.05, 4.69) is 15.2 Å². The Morgan fingerprint density at radius 2 is 1.92 bits per heavy atom. The number of rotatable bonds is 1. The topological polar surface area (TPSA) is 111 Å². The summed E-state index contributed by atoms with van der Waals surface area (Å²) in [6, 6.07) is 4.08. The van der Waals surface area contributed by atoms with Crippen molar-refractivity contribution in [3.05, 3.63) is 52.9 Å². The minimum absolute atomic E-state index is 0.271. The molecule has 0 spiro atoms. The van der Waals surface area contributed by atoms with Crippen molar-refractivity contribution in [3.63, 3.8) is 0 Å². The van der Waals surface area contributed by atoms with Gasteiger partial charge in [-0.2, -0.15) is 26.3 Å². The van der Waals surface area contributed by atoms with E-state index in [9.17, 15) is 31.4 Å². The smallest absolute Gasteiger partial charge is 0.430 e. The predicted molar refractivity (Wildman–Crippen MR) is 123 cm³/mol. The average Bonchev–Trinajstić information content (AvgIpc) is 3.52. The monoisotopic (exact) mass is 541 g/mol. The number of alkyl halides is 6. The first kappa shape index (κ1) is 25.8. The molecular weight excluding hydrogens is 520 g/mol. The van der Waals surface area contributed by atoms with Gasteiger partial charge in [-0.3, -0.25) is 0 Å². The SMILES string of the molecule is COc1ccc2cc1C(O)(C(F)(F)F)c1nnc(o1)-c1nc(c(C(F)(F)F)cc1N)N1CCC[C@H]1C/C=C\2. The standard InChI is InChI=1S/C24H21F6N5O3/c1-37-17-8-7-12-4-2-5-13-6-3-9-35(13)19-15(23(25,26)27)11-16(31)18(32-19)20-33-34-21(38-20)22(36,14(17)10-12)24(28,29)30/h2,4,7-8,10-11,13,36H,3,5-6,9,31H2,1H3/b4-2-/t13-,22?/m1/s1. The molecule has 4 heterocycles. The summed E-state index contributed by atoms with van der Waals surface area (Å²) in [5, 5.41) is 18.1. The average molecular weight is 541 g/mol. The van der Waals surface area contributed by atoms with E-state index in [-0.39, 0.29) is 30.3 Å². The third-order valence-corrected chi connectivity index (χ3v) is 6.67. The molecule has 1 fully saturated rings. The van der Waals surface area contributed by atoms with Gasteiger partial charge in [-0.25, -0.2) is 4.98 Å². The molecule has 1 aromatic carbocycles. The second-order valence-electron chi connectivity index (χ2n) is 9.00. The third-order valence-electron chi connectivity index (χ3n) is 6.67. The Hall–Kier alpha value is -3.81. The van der Waals surface area contributed by atoms with Gasteiger partial charge >= 0.3 is 12.4 Å². The van der Waals surface area contributed by atoms with Gasteiger partial charge in [0, 0.05) is 18.2 Å². The van der Waals surface area contributed by atoms with E-state index in [4.69, 9.17) is 14.9 Å². The van der Waals surface area contributed by atoms with Gasteiger partial charge in [-0.05, 0) is 43.0 Å². The van der Waals surface area contributed by atoms with Crippen LogP contribution in [0.15, 0.2) is 34.8 Å². The van der Waals surface area contributed by atoms with Crippen LogP contribution in [0.2, 0.25) is 0 Å². The minimum atomic E-state index is -5.37. The van der Waals surface area contributed by atoms with Crippen molar-refractivity contribution in [1.82, 2.24) is 15.2 Å². The molecule has 0 aliphatic carbocycles. The fraction of sp³-hybridized carbons (Fsp3) is 0.375. The van der Waals surface area contributed by atoms with E-state index in [0.29, 0.717) is 18.9 Å². The van der Waals surface area contributed by atoms with Gasteiger partial charge in [0.2, 0.25) is 0 Å². The molecule has 2 atom stereocenters. The summed E-state index contributed by atoms with van der Waals surface area (Å²) in [5.41, 5.74) is -0.468. The highest BCUT2D eigenvalue weighted by Gasteiger charge is 2.62. The molecule has 1 unspecified atom stereocenters. The molecule has 14 heteroatoms. The third kappa shape index (κ3) is 4.12. The molecular formula is C24H21F6N5O3. The molecule has 6 bridgehead atoms. The highest BCUT2D eigenvalue weighted by Crippen LogP contribution is 2.48. The van der Waals surface area contributed by atoms with Crippen molar-refractivity contribution >= 4 is 17.6 Å². The lowest BCUT2D eigenvalue weighted by Crippen LogP contribution is -2.44. The van der Waals surface area contributed by atoms with E-state index < -0.39 is 58.1 Å². The first-order chi connectivity index (χ1) is 17.8. The number of nitrogen functional groups attached to an aromatic ring is 1. The lowest BCUT2D eigenvalue weighted by atomic mass is 9.90. The first-order valence-corrected chi connectivity index (χ1v) is 11.5. The summed E-state index contributed by atoms with van der Waals surface area (Å²) in [4.78, 5) is 5.58. The molecule has 1 saturated heterocycles.